The van der Waals surface area contributed by atoms with Crippen molar-refractivity contribution in [3.05, 3.63) is 52.8 Å². The van der Waals surface area contributed by atoms with Gasteiger partial charge in [-0.3, -0.25) is 14.3 Å². The largest absolute Gasteiger partial charge is 0.356 e. The molecule has 0 fully saturated rings. The van der Waals surface area contributed by atoms with Gasteiger partial charge >= 0.3 is 0 Å². The van der Waals surface area contributed by atoms with E-state index in [4.69, 9.17) is 0 Å². The van der Waals surface area contributed by atoms with Crippen LogP contribution in [0.4, 0.5) is 0 Å². The first-order valence-corrected chi connectivity index (χ1v) is 9.68. The smallest absolute Gasteiger partial charge is 0.257 e. The molecule has 2 amide bonds. The van der Waals surface area contributed by atoms with Crippen molar-refractivity contribution >= 4 is 11.8 Å². The van der Waals surface area contributed by atoms with Gasteiger partial charge < -0.3 is 10.2 Å². The first-order valence-electron chi connectivity index (χ1n) is 9.68. The Labute approximate surface area is 159 Å². The van der Waals surface area contributed by atoms with E-state index in [1.165, 1.54) is 18.1 Å². The minimum atomic E-state index is -0.00925. The van der Waals surface area contributed by atoms with Crippen molar-refractivity contribution in [3.63, 3.8) is 0 Å². The van der Waals surface area contributed by atoms with Crippen molar-refractivity contribution in [2.24, 2.45) is 5.92 Å². The van der Waals surface area contributed by atoms with Crippen molar-refractivity contribution in [1.29, 1.82) is 0 Å². The molecule has 6 heteroatoms. The zero-order chi connectivity index (χ0) is 19.0. The highest BCUT2D eigenvalue weighted by Crippen LogP contribution is 2.36. The van der Waals surface area contributed by atoms with Crippen LogP contribution in [-0.2, 0) is 24.2 Å². The van der Waals surface area contributed by atoms with E-state index in [0.29, 0.717) is 18.0 Å². The Balaban J connectivity index is 1.52. The number of hydrogen-bond acceptors (Lipinski definition) is 3. The fourth-order valence-electron chi connectivity index (χ4n) is 4.41. The van der Waals surface area contributed by atoms with Gasteiger partial charge in [-0.2, -0.15) is 5.10 Å². The molecule has 4 rings (SSSR count). The maximum atomic E-state index is 13.3. The van der Waals surface area contributed by atoms with Gasteiger partial charge in [-0.15, -0.1) is 0 Å². The third-order valence-corrected chi connectivity index (χ3v) is 5.94. The summed E-state index contributed by atoms with van der Waals surface area (Å²) < 4.78 is 1.95. The van der Waals surface area contributed by atoms with Crippen LogP contribution in [-0.4, -0.2) is 40.1 Å². The van der Waals surface area contributed by atoms with Crippen LogP contribution in [0.1, 0.15) is 53.0 Å². The van der Waals surface area contributed by atoms with E-state index in [9.17, 15) is 9.59 Å². The molecule has 0 saturated heterocycles. The number of aromatic nitrogens is 2. The topological polar surface area (TPSA) is 67.2 Å². The summed E-state index contributed by atoms with van der Waals surface area (Å²) in [5.41, 5.74) is 4.31. The van der Waals surface area contributed by atoms with Crippen LogP contribution in [0.2, 0.25) is 0 Å². The number of rotatable bonds is 4. The van der Waals surface area contributed by atoms with Crippen molar-refractivity contribution in [2.75, 3.05) is 13.6 Å². The quantitative estimate of drug-likeness (QED) is 0.903. The summed E-state index contributed by atoms with van der Waals surface area (Å²) >= 11 is 0. The molecule has 6 nitrogen and oxygen atoms in total. The Hall–Kier alpha value is -2.63. The average Bonchev–Trinajstić information content (AvgIpc) is 3.29. The lowest BCUT2D eigenvalue weighted by Gasteiger charge is -2.27. The highest BCUT2D eigenvalue weighted by molar-refractivity contribution is 5.95. The maximum absolute atomic E-state index is 13.3. The minimum absolute atomic E-state index is 0.00925. The number of carbonyl (C=O) groups is 2. The Kier molecular flexibility index (Phi) is 4.72. The van der Waals surface area contributed by atoms with Gasteiger partial charge in [0.05, 0.1) is 23.5 Å². The molecule has 0 bridgehead atoms. The van der Waals surface area contributed by atoms with Gasteiger partial charge in [0.25, 0.3) is 5.91 Å². The number of amides is 2. The molecule has 1 aliphatic heterocycles. The lowest BCUT2D eigenvalue weighted by atomic mass is 9.94. The number of carbonyl (C=O) groups excluding carboxylic acids is 2. The van der Waals surface area contributed by atoms with Crippen molar-refractivity contribution < 1.29 is 9.59 Å². The van der Waals surface area contributed by atoms with Crippen LogP contribution < -0.4 is 5.32 Å². The van der Waals surface area contributed by atoms with Gasteiger partial charge in [0, 0.05) is 27.1 Å². The molecule has 2 aromatic rings. The molecule has 0 saturated carbocycles. The van der Waals surface area contributed by atoms with E-state index < -0.39 is 0 Å². The Bertz CT molecular complexity index is 873. The second-order valence-corrected chi connectivity index (χ2v) is 7.69. The summed E-state index contributed by atoms with van der Waals surface area (Å²) in [6.45, 7) is 2.99. The summed E-state index contributed by atoms with van der Waals surface area (Å²) in [6.07, 6.45) is 5.44. The van der Waals surface area contributed by atoms with Crippen molar-refractivity contribution in [2.45, 2.75) is 45.2 Å². The number of aryl methyl sites for hydroxylation is 2. The number of nitrogens with one attached hydrogen (secondary N) is 1. The molecular weight excluding hydrogens is 340 g/mol. The first kappa shape index (κ1) is 17.8. The SMILES string of the molecule is CC(=O)NC[C@@H]1CCn2ncc(C(=O)N(C)[C@@H]3CCc4ccccc43)c2C1. The van der Waals surface area contributed by atoms with E-state index in [1.807, 2.05) is 22.7 Å². The van der Waals surface area contributed by atoms with Gasteiger partial charge in [-0.1, -0.05) is 24.3 Å². The summed E-state index contributed by atoms with van der Waals surface area (Å²) in [5.74, 6) is 0.380. The second kappa shape index (κ2) is 7.18. The van der Waals surface area contributed by atoms with Crippen LogP contribution in [0.25, 0.3) is 0 Å². The highest BCUT2D eigenvalue weighted by Gasteiger charge is 2.32. The van der Waals surface area contributed by atoms with Gasteiger partial charge in [0.15, 0.2) is 0 Å². The summed E-state index contributed by atoms with van der Waals surface area (Å²) in [5, 5.41) is 7.34. The number of hydrogen-bond donors (Lipinski definition) is 1. The van der Waals surface area contributed by atoms with Crippen molar-refractivity contribution in [3.8, 4) is 0 Å². The van der Waals surface area contributed by atoms with Gasteiger partial charge in [-0.05, 0) is 42.7 Å². The Morgan fingerprint density at radius 2 is 2.11 bits per heavy atom. The van der Waals surface area contributed by atoms with Gasteiger partial charge in [0.2, 0.25) is 5.91 Å². The average molecular weight is 366 g/mol. The van der Waals surface area contributed by atoms with Crippen LogP contribution in [0.5, 0.6) is 0 Å². The molecule has 2 atom stereocenters. The molecule has 0 unspecified atom stereocenters. The molecule has 1 aromatic heterocycles. The highest BCUT2D eigenvalue weighted by atomic mass is 16.2. The van der Waals surface area contributed by atoms with Gasteiger partial charge in [0.1, 0.15) is 0 Å². The summed E-state index contributed by atoms with van der Waals surface area (Å²) in [6, 6.07) is 8.52. The molecule has 142 valence electrons. The fraction of sp³-hybridized carbons (Fsp3) is 0.476. The number of benzene rings is 1. The van der Waals surface area contributed by atoms with E-state index in [0.717, 1.165) is 37.9 Å². The predicted octanol–water partition coefficient (Wildman–Crippen LogP) is 2.34. The number of nitrogens with zero attached hydrogens (tertiary/aromatic N) is 3. The molecular formula is C21H26N4O2. The maximum Gasteiger partial charge on any atom is 0.257 e. The third kappa shape index (κ3) is 3.36. The first-order chi connectivity index (χ1) is 13.0. The van der Waals surface area contributed by atoms with E-state index >= 15 is 0 Å². The van der Waals surface area contributed by atoms with Crippen LogP contribution >= 0.6 is 0 Å². The summed E-state index contributed by atoms with van der Waals surface area (Å²) in [4.78, 5) is 26.3. The summed E-state index contributed by atoms with van der Waals surface area (Å²) in [7, 11) is 1.90. The Morgan fingerprint density at radius 1 is 1.30 bits per heavy atom. The molecule has 1 aliphatic carbocycles. The lowest BCUT2D eigenvalue weighted by Crippen LogP contribution is -2.34. The molecule has 0 radical (unpaired) electrons. The normalized spacial score (nSPS) is 20.7. The zero-order valence-corrected chi connectivity index (χ0v) is 15.9. The Morgan fingerprint density at radius 3 is 2.93 bits per heavy atom. The van der Waals surface area contributed by atoms with E-state index in [1.54, 1.807) is 6.20 Å². The van der Waals surface area contributed by atoms with Crippen LogP contribution in [0, 0.1) is 5.92 Å². The fourth-order valence-corrected chi connectivity index (χ4v) is 4.41. The van der Waals surface area contributed by atoms with Crippen LogP contribution in [0.15, 0.2) is 30.5 Å². The van der Waals surface area contributed by atoms with E-state index in [-0.39, 0.29) is 17.9 Å². The van der Waals surface area contributed by atoms with Gasteiger partial charge in [-0.25, -0.2) is 0 Å². The van der Waals surface area contributed by atoms with Crippen LogP contribution in [0.3, 0.4) is 0 Å². The second-order valence-electron chi connectivity index (χ2n) is 7.69. The molecule has 1 N–H and O–H groups in total. The zero-order valence-electron chi connectivity index (χ0n) is 15.9. The number of fused-ring (bicyclic) bond motifs is 2. The van der Waals surface area contributed by atoms with E-state index in [2.05, 4.69) is 28.6 Å². The lowest BCUT2D eigenvalue weighted by molar-refractivity contribution is -0.119. The standard InChI is InChI=1S/C21H26N4O2/c1-14(26)22-12-15-9-10-25-20(11-15)18(13-23-25)21(27)24(2)19-8-7-16-5-3-4-6-17(16)19/h3-6,13,15,19H,7-12H2,1-2H3,(H,22,26)/t15-,19-/m1/s1. The molecule has 2 aliphatic rings. The predicted molar refractivity (Wildman–Crippen MR) is 102 cm³/mol. The molecule has 2 heterocycles. The third-order valence-electron chi connectivity index (χ3n) is 5.94. The molecule has 27 heavy (non-hydrogen) atoms. The van der Waals surface area contributed by atoms with Crippen molar-refractivity contribution in [1.82, 2.24) is 20.0 Å². The molecule has 0 spiro atoms. The minimum Gasteiger partial charge on any atom is -0.356 e. The monoisotopic (exact) mass is 366 g/mol. The molecule has 1 aromatic carbocycles.